The molecule has 0 spiro atoms. The summed E-state index contributed by atoms with van der Waals surface area (Å²) in [6.45, 7) is 6.31. The highest BCUT2D eigenvalue weighted by Gasteiger charge is 2.16. The first-order valence-electron chi connectivity index (χ1n) is 16.7. The van der Waals surface area contributed by atoms with Gasteiger partial charge in [-0.1, -0.05) is 66.7 Å². The molecular formula is C41H46N6O2. The van der Waals surface area contributed by atoms with Gasteiger partial charge in [0.1, 0.15) is 18.5 Å². The minimum Gasteiger partial charge on any atom is -0.490 e. The molecule has 1 unspecified atom stereocenters. The number of benzene rings is 5. The van der Waals surface area contributed by atoms with Crippen LogP contribution in [0.3, 0.4) is 0 Å². The molecule has 49 heavy (non-hydrogen) atoms. The fourth-order valence-electron chi connectivity index (χ4n) is 5.33. The molecule has 0 aliphatic carbocycles. The lowest BCUT2D eigenvalue weighted by molar-refractivity contribution is 0.112. The predicted octanol–water partition coefficient (Wildman–Crippen LogP) is 8.05. The Balaban J connectivity index is 1.37. The summed E-state index contributed by atoms with van der Waals surface area (Å²) in [5.74, 6) is 0.643. The first-order chi connectivity index (χ1) is 23.9. The molecule has 0 aliphatic rings. The number of hydrogen-bond donors (Lipinski definition) is 1. The van der Waals surface area contributed by atoms with Gasteiger partial charge >= 0.3 is 0 Å². The van der Waals surface area contributed by atoms with Gasteiger partial charge in [0.2, 0.25) is 0 Å². The van der Waals surface area contributed by atoms with Gasteiger partial charge in [-0.3, -0.25) is 5.01 Å². The normalized spacial score (nSPS) is 11.9. The van der Waals surface area contributed by atoms with Crippen molar-refractivity contribution in [2.24, 2.45) is 10.2 Å². The number of hydrogen-bond acceptors (Lipinski definition) is 8. The van der Waals surface area contributed by atoms with Crippen molar-refractivity contribution in [3.8, 4) is 5.75 Å². The van der Waals surface area contributed by atoms with E-state index in [4.69, 9.17) is 14.9 Å². The Labute approximate surface area is 290 Å². The summed E-state index contributed by atoms with van der Waals surface area (Å²) in [4.78, 5) is 4.33. The number of nitrogens with zero attached hydrogens (tertiary/aromatic N) is 6. The van der Waals surface area contributed by atoms with E-state index < -0.39 is 6.10 Å². The number of para-hydroxylation sites is 3. The van der Waals surface area contributed by atoms with E-state index in [9.17, 15) is 5.11 Å². The van der Waals surface area contributed by atoms with E-state index in [2.05, 4.69) is 41.8 Å². The zero-order valence-electron chi connectivity index (χ0n) is 28.8. The molecule has 0 fully saturated rings. The third kappa shape index (κ3) is 9.72. The molecule has 0 amide bonds. The number of anilines is 5. The van der Waals surface area contributed by atoms with Gasteiger partial charge in [-0.25, -0.2) is 5.01 Å². The van der Waals surface area contributed by atoms with Gasteiger partial charge in [0.15, 0.2) is 0 Å². The second-order valence-electron chi connectivity index (χ2n) is 11.7. The van der Waals surface area contributed by atoms with Crippen molar-refractivity contribution in [2.45, 2.75) is 20.0 Å². The van der Waals surface area contributed by atoms with Crippen LogP contribution in [0.1, 0.15) is 25.0 Å². The summed E-state index contributed by atoms with van der Waals surface area (Å²) in [5, 5.41) is 24.7. The fourth-order valence-corrected chi connectivity index (χ4v) is 5.33. The van der Waals surface area contributed by atoms with E-state index >= 15 is 0 Å². The zero-order valence-corrected chi connectivity index (χ0v) is 28.8. The predicted molar refractivity (Wildman–Crippen MR) is 206 cm³/mol. The van der Waals surface area contributed by atoms with Crippen LogP contribution in [0, 0.1) is 0 Å². The highest BCUT2D eigenvalue weighted by Crippen LogP contribution is 2.28. The summed E-state index contributed by atoms with van der Waals surface area (Å²) < 4.78 is 6.39. The van der Waals surface area contributed by atoms with Gasteiger partial charge in [-0.2, -0.15) is 10.2 Å². The van der Waals surface area contributed by atoms with E-state index in [1.807, 2.05) is 147 Å². The van der Waals surface area contributed by atoms with Crippen molar-refractivity contribution in [2.75, 3.05) is 60.2 Å². The van der Waals surface area contributed by atoms with Gasteiger partial charge in [0, 0.05) is 50.2 Å². The molecule has 8 nitrogen and oxygen atoms in total. The van der Waals surface area contributed by atoms with Crippen LogP contribution in [-0.2, 0) is 0 Å². The molecule has 0 heterocycles. The topological polar surface area (TPSA) is 67.1 Å². The Morgan fingerprint density at radius 1 is 0.633 bits per heavy atom. The average Bonchev–Trinajstić information content (AvgIpc) is 3.15. The first-order valence-corrected chi connectivity index (χ1v) is 16.7. The molecule has 0 radical (unpaired) electrons. The van der Waals surface area contributed by atoms with Crippen LogP contribution in [0.15, 0.2) is 144 Å². The highest BCUT2D eigenvalue weighted by molar-refractivity contribution is 5.86. The summed E-state index contributed by atoms with van der Waals surface area (Å²) in [6.07, 6.45) is 2.80. The molecule has 1 N–H and O–H groups in total. The summed E-state index contributed by atoms with van der Waals surface area (Å²) in [5.41, 5.74) is 6.70. The van der Waals surface area contributed by atoms with E-state index in [0.717, 1.165) is 52.7 Å². The number of rotatable bonds is 16. The van der Waals surface area contributed by atoms with Gasteiger partial charge in [-0.05, 0) is 80.1 Å². The molecule has 5 aromatic rings. The molecule has 0 saturated carbocycles. The molecule has 0 aliphatic heterocycles. The summed E-state index contributed by atoms with van der Waals surface area (Å²) >= 11 is 0. The number of ether oxygens (including phenoxy) is 1. The van der Waals surface area contributed by atoms with Gasteiger partial charge in [0.05, 0.1) is 36.0 Å². The molecule has 5 rings (SSSR count). The van der Waals surface area contributed by atoms with Crippen molar-refractivity contribution in [1.82, 2.24) is 0 Å². The van der Waals surface area contributed by atoms with Crippen molar-refractivity contribution in [1.29, 1.82) is 0 Å². The van der Waals surface area contributed by atoms with Crippen molar-refractivity contribution >= 4 is 40.9 Å². The minimum absolute atomic E-state index is 0.0695. The monoisotopic (exact) mass is 654 g/mol. The molecule has 252 valence electrons. The quantitative estimate of drug-likeness (QED) is 0.0858. The smallest absolute Gasteiger partial charge is 0.130 e. The van der Waals surface area contributed by atoms with Crippen LogP contribution in [0.25, 0.3) is 0 Å². The van der Waals surface area contributed by atoms with E-state index in [1.54, 1.807) is 5.01 Å². The highest BCUT2D eigenvalue weighted by atomic mass is 16.5. The number of aliphatic hydroxyl groups excluding tert-OH is 1. The Morgan fingerprint density at radius 3 is 1.73 bits per heavy atom. The minimum atomic E-state index is -0.833. The van der Waals surface area contributed by atoms with Crippen LogP contribution in [0.2, 0.25) is 0 Å². The van der Waals surface area contributed by atoms with E-state index in [1.165, 1.54) is 0 Å². The molecule has 0 bridgehead atoms. The Morgan fingerprint density at radius 2 is 1.18 bits per heavy atom. The lowest BCUT2D eigenvalue weighted by atomic mass is 10.1. The second kappa shape index (κ2) is 17.5. The maximum Gasteiger partial charge on any atom is 0.130 e. The van der Waals surface area contributed by atoms with Crippen molar-refractivity contribution < 1.29 is 9.84 Å². The summed E-state index contributed by atoms with van der Waals surface area (Å²) in [6, 6.07) is 44.3. The van der Waals surface area contributed by atoms with Crippen molar-refractivity contribution in [3.05, 3.63) is 145 Å². The van der Waals surface area contributed by atoms with Gasteiger partial charge in [0.25, 0.3) is 0 Å². The second-order valence-corrected chi connectivity index (χ2v) is 11.7. The van der Waals surface area contributed by atoms with Crippen LogP contribution in [0.4, 0.5) is 28.4 Å². The van der Waals surface area contributed by atoms with E-state index in [-0.39, 0.29) is 13.2 Å². The van der Waals surface area contributed by atoms with Crippen LogP contribution >= 0.6 is 0 Å². The lowest BCUT2D eigenvalue weighted by Gasteiger charge is -2.24. The zero-order chi connectivity index (χ0) is 34.4. The van der Waals surface area contributed by atoms with Crippen LogP contribution in [-0.4, -0.2) is 64.0 Å². The standard InChI is InChI=1S/C41H46N6O2/c1-5-45(6-2)39-27-24-34(30-43-47(37-18-12-8-13-19-37)38-20-14-9-15-21-38)41(28-39)49-32-40(48)31-46(36-16-10-7-11-17-36)42-29-33-22-25-35(26-23-33)44(3)4/h7-30,40,48H,5-6,31-32H2,1-4H3. The van der Waals surface area contributed by atoms with E-state index in [0.29, 0.717) is 5.75 Å². The van der Waals surface area contributed by atoms with Gasteiger partial charge < -0.3 is 19.6 Å². The molecule has 8 heteroatoms. The molecule has 1 atom stereocenters. The Bertz CT molecular complexity index is 1720. The Kier molecular flexibility index (Phi) is 12.4. The third-order valence-electron chi connectivity index (χ3n) is 8.06. The Hall–Kier alpha value is -5.60. The SMILES string of the molecule is CCN(CC)c1ccc(C=NN(c2ccccc2)c2ccccc2)c(OCC(O)CN(N=Cc2ccc(N(C)C)cc2)c2ccccc2)c1. The van der Waals surface area contributed by atoms with Crippen LogP contribution in [0.5, 0.6) is 5.75 Å². The fraction of sp³-hybridized carbons (Fsp3) is 0.220. The van der Waals surface area contributed by atoms with Crippen LogP contribution < -0.4 is 24.6 Å². The molecule has 0 saturated heterocycles. The first kappa shape index (κ1) is 34.7. The maximum atomic E-state index is 11.3. The molecule has 5 aromatic carbocycles. The number of hydrazone groups is 2. The van der Waals surface area contributed by atoms with Crippen molar-refractivity contribution in [3.63, 3.8) is 0 Å². The average molecular weight is 655 g/mol. The largest absolute Gasteiger partial charge is 0.490 e. The summed E-state index contributed by atoms with van der Waals surface area (Å²) in [7, 11) is 4.03. The number of aliphatic hydroxyl groups is 1. The third-order valence-corrected chi connectivity index (χ3v) is 8.06. The lowest BCUT2D eigenvalue weighted by Crippen LogP contribution is -2.33. The van der Waals surface area contributed by atoms with Gasteiger partial charge in [-0.15, -0.1) is 0 Å². The maximum absolute atomic E-state index is 11.3. The molecule has 0 aromatic heterocycles. The molecular weight excluding hydrogens is 608 g/mol.